The van der Waals surface area contributed by atoms with Gasteiger partial charge in [0.15, 0.2) is 23.7 Å². The summed E-state index contributed by atoms with van der Waals surface area (Å²) in [5.74, 6) is -0.631. The first-order valence-electron chi connectivity index (χ1n) is 8.08. The molecule has 0 fully saturated rings. The average molecular weight is 448 g/mol. The van der Waals surface area contributed by atoms with Crippen molar-refractivity contribution in [2.24, 2.45) is 0 Å². The van der Waals surface area contributed by atoms with Crippen molar-refractivity contribution in [1.29, 1.82) is 0 Å². The summed E-state index contributed by atoms with van der Waals surface area (Å²) in [5.41, 5.74) is 0. The maximum Gasteiger partial charge on any atom is 0.347 e. The Morgan fingerprint density at radius 1 is 0.821 bits per heavy atom. The first-order chi connectivity index (χ1) is 13.2. The largest absolute Gasteiger partial charge is 0.475 e. The number of hydrogen-bond acceptors (Lipinski definition) is 6. The SMILES string of the molecule is COC(=O)[C@@H](C)OC(=O)[C@@H](C)Oc1cc(Cl)ccc1Oc1ccc(Cl)cc1Cl. The Morgan fingerprint density at radius 3 is 2.04 bits per heavy atom. The molecule has 2 atom stereocenters. The molecule has 0 aliphatic heterocycles. The lowest BCUT2D eigenvalue weighted by molar-refractivity contribution is -0.168. The first kappa shape index (κ1) is 22.1. The standard InChI is InChI=1S/C19H17Cl3O6/c1-10(18(23)25-3)27-19(24)11(2)26-17-9-13(21)5-7-16(17)28-15-6-4-12(20)8-14(15)22/h4-11H,1-3H3/t10-,11-/m1/s1. The minimum absolute atomic E-state index is 0.189. The van der Waals surface area contributed by atoms with E-state index >= 15 is 0 Å². The Labute approximate surface area is 177 Å². The van der Waals surface area contributed by atoms with Crippen LogP contribution in [0.1, 0.15) is 13.8 Å². The summed E-state index contributed by atoms with van der Waals surface area (Å²) < 4.78 is 20.9. The van der Waals surface area contributed by atoms with Crippen molar-refractivity contribution >= 4 is 46.7 Å². The summed E-state index contributed by atoms with van der Waals surface area (Å²) in [6.07, 6.45) is -2.11. The van der Waals surface area contributed by atoms with Crippen LogP contribution in [-0.4, -0.2) is 31.3 Å². The third-order valence-corrected chi connectivity index (χ3v) is 4.25. The van der Waals surface area contributed by atoms with Gasteiger partial charge in [0.05, 0.1) is 12.1 Å². The average Bonchev–Trinajstić information content (AvgIpc) is 2.64. The molecule has 0 bridgehead atoms. The van der Waals surface area contributed by atoms with E-state index in [2.05, 4.69) is 4.74 Å². The van der Waals surface area contributed by atoms with Gasteiger partial charge in [-0.2, -0.15) is 0 Å². The normalized spacial score (nSPS) is 12.6. The van der Waals surface area contributed by atoms with E-state index in [0.717, 1.165) is 0 Å². The highest BCUT2D eigenvalue weighted by molar-refractivity contribution is 6.35. The minimum Gasteiger partial charge on any atom is -0.475 e. The fourth-order valence-corrected chi connectivity index (χ4v) is 2.67. The quantitative estimate of drug-likeness (QED) is 0.536. The van der Waals surface area contributed by atoms with Crippen molar-refractivity contribution in [3.8, 4) is 17.2 Å². The van der Waals surface area contributed by atoms with E-state index in [1.165, 1.54) is 33.1 Å². The highest BCUT2D eigenvalue weighted by atomic mass is 35.5. The van der Waals surface area contributed by atoms with Crippen molar-refractivity contribution in [2.45, 2.75) is 26.1 Å². The van der Waals surface area contributed by atoms with E-state index in [4.69, 9.17) is 49.0 Å². The highest BCUT2D eigenvalue weighted by Crippen LogP contribution is 2.38. The van der Waals surface area contributed by atoms with E-state index in [9.17, 15) is 9.59 Å². The molecular formula is C19H17Cl3O6. The fourth-order valence-electron chi connectivity index (χ4n) is 2.06. The van der Waals surface area contributed by atoms with Crippen LogP contribution in [0.3, 0.4) is 0 Å². The van der Waals surface area contributed by atoms with Crippen molar-refractivity contribution in [3.05, 3.63) is 51.5 Å². The summed E-state index contributed by atoms with van der Waals surface area (Å²) in [6.45, 7) is 2.86. The van der Waals surface area contributed by atoms with E-state index in [1.807, 2.05) is 0 Å². The number of esters is 2. The van der Waals surface area contributed by atoms with Gasteiger partial charge in [-0.25, -0.2) is 9.59 Å². The molecule has 0 radical (unpaired) electrons. The summed E-state index contributed by atoms with van der Waals surface area (Å²) >= 11 is 18.0. The van der Waals surface area contributed by atoms with Crippen molar-refractivity contribution in [1.82, 2.24) is 0 Å². The number of halogens is 3. The van der Waals surface area contributed by atoms with Crippen LogP contribution in [0.5, 0.6) is 17.2 Å². The maximum absolute atomic E-state index is 12.2. The number of methoxy groups -OCH3 is 1. The minimum atomic E-state index is -1.06. The van der Waals surface area contributed by atoms with Crippen LogP contribution in [0.2, 0.25) is 15.1 Å². The molecule has 0 aliphatic carbocycles. The van der Waals surface area contributed by atoms with Gasteiger partial charge in [-0.1, -0.05) is 34.8 Å². The molecule has 2 aromatic rings. The lowest BCUT2D eigenvalue weighted by Crippen LogP contribution is -2.33. The fraction of sp³-hybridized carbons (Fsp3) is 0.263. The number of rotatable bonds is 7. The number of carbonyl (C=O) groups is 2. The number of carbonyl (C=O) groups excluding carboxylic acids is 2. The van der Waals surface area contributed by atoms with Crippen LogP contribution >= 0.6 is 34.8 Å². The molecule has 0 N–H and O–H groups in total. The molecule has 9 heteroatoms. The van der Waals surface area contributed by atoms with E-state index in [-0.39, 0.29) is 11.5 Å². The third kappa shape index (κ3) is 5.92. The van der Waals surface area contributed by atoms with Crippen LogP contribution in [0, 0.1) is 0 Å². The molecule has 0 spiro atoms. The maximum atomic E-state index is 12.2. The molecule has 0 unspecified atom stereocenters. The molecular weight excluding hydrogens is 431 g/mol. The predicted octanol–water partition coefficient (Wildman–Crippen LogP) is 5.31. The number of ether oxygens (including phenoxy) is 4. The zero-order valence-electron chi connectivity index (χ0n) is 15.2. The van der Waals surface area contributed by atoms with Gasteiger partial charge in [-0.05, 0) is 44.2 Å². The smallest absolute Gasteiger partial charge is 0.347 e. The van der Waals surface area contributed by atoms with Crippen molar-refractivity contribution in [2.75, 3.05) is 7.11 Å². The predicted molar refractivity (Wildman–Crippen MR) is 106 cm³/mol. The Hall–Kier alpha value is -2.15. The van der Waals surface area contributed by atoms with Gasteiger partial charge < -0.3 is 18.9 Å². The van der Waals surface area contributed by atoms with Crippen molar-refractivity contribution < 1.29 is 28.5 Å². The zero-order valence-corrected chi connectivity index (χ0v) is 17.5. The molecule has 6 nitrogen and oxygen atoms in total. The van der Waals surface area contributed by atoms with Gasteiger partial charge in [-0.15, -0.1) is 0 Å². The molecule has 2 rings (SSSR count). The van der Waals surface area contributed by atoms with Gasteiger partial charge in [0.1, 0.15) is 5.75 Å². The lowest BCUT2D eigenvalue weighted by atomic mass is 10.3. The Kier molecular flexibility index (Phi) is 7.80. The second-order valence-corrected chi connectivity index (χ2v) is 6.91. The van der Waals surface area contributed by atoms with Crippen LogP contribution in [0.25, 0.3) is 0 Å². The molecule has 0 amide bonds. The van der Waals surface area contributed by atoms with E-state index < -0.39 is 24.1 Å². The van der Waals surface area contributed by atoms with Gasteiger partial charge >= 0.3 is 11.9 Å². The second kappa shape index (κ2) is 9.87. The third-order valence-electron chi connectivity index (χ3n) is 3.48. The molecule has 0 saturated heterocycles. The van der Waals surface area contributed by atoms with Crippen LogP contribution in [0.4, 0.5) is 0 Å². The number of benzene rings is 2. The summed E-state index contributed by atoms with van der Waals surface area (Å²) in [7, 11) is 1.20. The van der Waals surface area contributed by atoms with Crippen LogP contribution in [-0.2, 0) is 19.1 Å². The van der Waals surface area contributed by atoms with Crippen molar-refractivity contribution in [3.63, 3.8) is 0 Å². The Bertz CT molecular complexity index is 871. The first-order valence-corrected chi connectivity index (χ1v) is 9.22. The Balaban J connectivity index is 2.17. The summed E-state index contributed by atoms with van der Waals surface area (Å²) in [5, 5.41) is 1.13. The number of hydrogen-bond donors (Lipinski definition) is 0. The van der Waals surface area contributed by atoms with Gasteiger partial charge in [0.25, 0.3) is 0 Å². The molecule has 0 aliphatic rings. The Morgan fingerprint density at radius 2 is 1.43 bits per heavy atom. The molecule has 0 saturated carbocycles. The monoisotopic (exact) mass is 446 g/mol. The highest BCUT2D eigenvalue weighted by Gasteiger charge is 2.25. The zero-order chi connectivity index (χ0) is 20.8. The molecule has 0 heterocycles. The summed E-state index contributed by atoms with van der Waals surface area (Å²) in [4.78, 5) is 23.5. The van der Waals surface area contributed by atoms with Crippen LogP contribution < -0.4 is 9.47 Å². The molecule has 2 aromatic carbocycles. The van der Waals surface area contributed by atoms with Gasteiger partial charge in [0, 0.05) is 16.1 Å². The van der Waals surface area contributed by atoms with Gasteiger partial charge in [0.2, 0.25) is 0 Å². The molecule has 0 aromatic heterocycles. The molecule has 150 valence electrons. The lowest BCUT2D eigenvalue weighted by Gasteiger charge is -2.19. The van der Waals surface area contributed by atoms with Crippen LogP contribution in [0.15, 0.2) is 36.4 Å². The van der Waals surface area contributed by atoms with Gasteiger partial charge in [-0.3, -0.25) is 0 Å². The topological polar surface area (TPSA) is 71.1 Å². The molecule has 28 heavy (non-hydrogen) atoms. The second-order valence-electron chi connectivity index (χ2n) is 5.63. The van der Waals surface area contributed by atoms with E-state index in [0.29, 0.717) is 20.8 Å². The summed E-state index contributed by atoms with van der Waals surface area (Å²) in [6, 6.07) is 9.39. The van der Waals surface area contributed by atoms with E-state index in [1.54, 1.807) is 24.3 Å².